The van der Waals surface area contributed by atoms with Crippen LogP contribution >= 0.6 is 0 Å². The van der Waals surface area contributed by atoms with Gasteiger partial charge in [-0.2, -0.15) is 0 Å². The van der Waals surface area contributed by atoms with Crippen LogP contribution in [0.15, 0.2) is 78.9 Å². The molecule has 0 spiro atoms. The molecule has 6 heteroatoms. The number of nitrogens with one attached hydrogen (secondary N) is 1. The highest BCUT2D eigenvalue weighted by atomic mass is 19.1. The van der Waals surface area contributed by atoms with E-state index in [-0.39, 0.29) is 24.5 Å². The molecule has 3 aromatic rings. The van der Waals surface area contributed by atoms with Crippen molar-refractivity contribution in [2.75, 3.05) is 13.2 Å². The number of carbonyl (C=O) groups is 2. The second-order valence-electron chi connectivity index (χ2n) is 9.75. The van der Waals surface area contributed by atoms with Gasteiger partial charge in [0, 0.05) is 25.1 Å². The number of benzene rings is 3. The van der Waals surface area contributed by atoms with Crippen LogP contribution in [-0.4, -0.2) is 35.9 Å². The molecule has 0 fully saturated rings. The summed E-state index contributed by atoms with van der Waals surface area (Å²) in [6, 6.07) is 22.6. The highest BCUT2D eigenvalue weighted by Crippen LogP contribution is 2.31. The second-order valence-corrected chi connectivity index (χ2v) is 9.75. The van der Waals surface area contributed by atoms with E-state index >= 15 is 0 Å². The standard InChI is InChI=1S/C30H35FN2O3/c1-5-32-29(35)26(19-22-13-7-6-8-14-22)33(20-23-15-9-11-17-25(23)31)28(34)21-36-27-18-12-10-16-24(27)30(2,3)4/h6-18,26H,5,19-21H2,1-4H3,(H,32,35)/t26-/m0/s1. The van der Waals surface area contributed by atoms with Crippen molar-refractivity contribution in [3.63, 3.8) is 0 Å². The quantitative estimate of drug-likeness (QED) is 0.421. The number of halogens is 1. The highest BCUT2D eigenvalue weighted by molar-refractivity contribution is 5.88. The minimum Gasteiger partial charge on any atom is -0.483 e. The van der Waals surface area contributed by atoms with Gasteiger partial charge < -0.3 is 15.0 Å². The summed E-state index contributed by atoms with van der Waals surface area (Å²) in [5.74, 6) is -0.499. The Morgan fingerprint density at radius 1 is 0.944 bits per heavy atom. The molecule has 3 rings (SSSR count). The van der Waals surface area contributed by atoms with E-state index in [1.165, 1.54) is 11.0 Å². The van der Waals surface area contributed by atoms with E-state index in [0.717, 1.165) is 11.1 Å². The lowest BCUT2D eigenvalue weighted by Crippen LogP contribution is -2.51. The molecule has 0 saturated heterocycles. The predicted octanol–water partition coefficient (Wildman–Crippen LogP) is 5.28. The fourth-order valence-electron chi connectivity index (χ4n) is 4.09. The van der Waals surface area contributed by atoms with Crippen LogP contribution in [0, 0.1) is 5.82 Å². The lowest BCUT2D eigenvalue weighted by Gasteiger charge is -2.32. The largest absolute Gasteiger partial charge is 0.483 e. The molecule has 0 bridgehead atoms. The number of carbonyl (C=O) groups excluding carboxylic acids is 2. The summed E-state index contributed by atoms with van der Waals surface area (Å²) in [5, 5.41) is 2.84. The van der Waals surface area contributed by atoms with Gasteiger partial charge in [-0.15, -0.1) is 0 Å². The van der Waals surface area contributed by atoms with Crippen molar-refractivity contribution < 1.29 is 18.7 Å². The number of hydrogen-bond donors (Lipinski definition) is 1. The third-order valence-corrected chi connectivity index (χ3v) is 5.97. The minimum atomic E-state index is -0.832. The first-order chi connectivity index (χ1) is 17.2. The molecule has 36 heavy (non-hydrogen) atoms. The molecule has 5 nitrogen and oxygen atoms in total. The van der Waals surface area contributed by atoms with E-state index in [0.29, 0.717) is 24.3 Å². The molecule has 0 aliphatic rings. The molecule has 0 aromatic heterocycles. The molecule has 0 unspecified atom stereocenters. The van der Waals surface area contributed by atoms with Crippen LogP contribution in [0.2, 0.25) is 0 Å². The number of nitrogens with zero attached hydrogens (tertiary/aromatic N) is 1. The summed E-state index contributed by atoms with van der Waals surface area (Å²) in [6.45, 7) is 8.15. The maximum atomic E-state index is 14.6. The van der Waals surface area contributed by atoms with E-state index in [4.69, 9.17) is 4.74 Å². The van der Waals surface area contributed by atoms with Crippen molar-refractivity contribution in [1.29, 1.82) is 0 Å². The Morgan fingerprint density at radius 3 is 2.25 bits per heavy atom. The lowest BCUT2D eigenvalue weighted by atomic mass is 9.86. The number of likely N-dealkylation sites (N-methyl/N-ethyl adjacent to an activating group) is 1. The molecular formula is C30H35FN2O3. The SMILES string of the molecule is CCNC(=O)[C@H](Cc1ccccc1)N(Cc1ccccc1F)C(=O)COc1ccccc1C(C)(C)C. The topological polar surface area (TPSA) is 58.6 Å². The first-order valence-corrected chi connectivity index (χ1v) is 12.3. The van der Waals surface area contributed by atoms with Crippen molar-refractivity contribution in [2.45, 2.75) is 52.1 Å². The molecule has 1 N–H and O–H groups in total. The molecule has 190 valence electrons. The number of rotatable bonds is 10. The number of ether oxygens (including phenoxy) is 1. The van der Waals surface area contributed by atoms with Gasteiger partial charge in [0.1, 0.15) is 17.6 Å². The number of amides is 2. The molecule has 0 radical (unpaired) electrons. The van der Waals surface area contributed by atoms with Crippen LogP contribution in [0.25, 0.3) is 0 Å². The second kappa shape index (κ2) is 12.3. The van der Waals surface area contributed by atoms with Crippen LogP contribution < -0.4 is 10.1 Å². The maximum Gasteiger partial charge on any atom is 0.261 e. The van der Waals surface area contributed by atoms with Gasteiger partial charge in [-0.1, -0.05) is 87.5 Å². The van der Waals surface area contributed by atoms with Gasteiger partial charge in [0.2, 0.25) is 5.91 Å². The minimum absolute atomic E-state index is 0.0512. The summed E-state index contributed by atoms with van der Waals surface area (Å²) in [5.41, 5.74) is 2.04. The van der Waals surface area contributed by atoms with E-state index in [2.05, 4.69) is 26.1 Å². The van der Waals surface area contributed by atoms with Crippen molar-refractivity contribution >= 4 is 11.8 Å². The molecule has 0 saturated carbocycles. The molecule has 0 aliphatic carbocycles. The fraction of sp³-hybridized carbons (Fsp3) is 0.333. The van der Waals surface area contributed by atoms with Gasteiger partial charge in [-0.25, -0.2) is 4.39 Å². The Labute approximate surface area is 213 Å². The average Bonchev–Trinajstić information content (AvgIpc) is 2.86. The summed E-state index contributed by atoms with van der Waals surface area (Å²) in [6.07, 6.45) is 0.297. The fourth-order valence-corrected chi connectivity index (χ4v) is 4.09. The van der Waals surface area contributed by atoms with Crippen molar-refractivity contribution in [3.8, 4) is 5.75 Å². The molecule has 1 atom stereocenters. The van der Waals surface area contributed by atoms with E-state index in [1.807, 2.05) is 61.5 Å². The average molecular weight is 491 g/mol. The van der Waals surface area contributed by atoms with E-state index in [9.17, 15) is 14.0 Å². The Bertz CT molecular complexity index is 1160. The smallest absolute Gasteiger partial charge is 0.261 e. The number of hydrogen-bond acceptors (Lipinski definition) is 3. The van der Waals surface area contributed by atoms with Crippen LogP contribution in [0.1, 0.15) is 44.4 Å². The van der Waals surface area contributed by atoms with Gasteiger partial charge in [0.25, 0.3) is 5.91 Å². The molecule has 3 aromatic carbocycles. The zero-order valence-electron chi connectivity index (χ0n) is 21.5. The van der Waals surface area contributed by atoms with Gasteiger partial charge in [-0.05, 0) is 35.6 Å². The van der Waals surface area contributed by atoms with Crippen LogP contribution in [0.5, 0.6) is 5.75 Å². The van der Waals surface area contributed by atoms with Gasteiger partial charge in [0.15, 0.2) is 6.61 Å². The van der Waals surface area contributed by atoms with E-state index in [1.54, 1.807) is 18.2 Å². The summed E-state index contributed by atoms with van der Waals surface area (Å²) in [4.78, 5) is 28.2. The predicted molar refractivity (Wildman–Crippen MR) is 140 cm³/mol. The molecule has 0 heterocycles. The van der Waals surface area contributed by atoms with Gasteiger partial charge in [-0.3, -0.25) is 9.59 Å². The zero-order chi connectivity index (χ0) is 26.1. The Kier molecular flexibility index (Phi) is 9.23. The monoisotopic (exact) mass is 490 g/mol. The summed E-state index contributed by atoms with van der Waals surface area (Å²) < 4.78 is 20.6. The lowest BCUT2D eigenvalue weighted by molar-refractivity contribution is -0.142. The summed E-state index contributed by atoms with van der Waals surface area (Å²) in [7, 11) is 0. The van der Waals surface area contributed by atoms with E-state index < -0.39 is 17.8 Å². The first-order valence-electron chi connectivity index (χ1n) is 12.3. The normalized spacial score (nSPS) is 12.0. The maximum absolute atomic E-state index is 14.6. The number of para-hydroxylation sites is 1. The Balaban J connectivity index is 1.93. The molecule has 0 aliphatic heterocycles. The van der Waals surface area contributed by atoms with Crippen LogP contribution in [0.3, 0.4) is 0 Å². The zero-order valence-corrected chi connectivity index (χ0v) is 21.5. The first kappa shape index (κ1) is 26.9. The molecule has 2 amide bonds. The third-order valence-electron chi connectivity index (χ3n) is 5.97. The van der Waals surface area contributed by atoms with Crippen LogP contribution in [0.4, 0.5) is 4.39 Å². The van der Waals surface area contributed by atoms with Crippen molar-refractivity contribution in [2.24, 2.45) is 0 Å². The highest BCUT2D eigenvalue weighted by Gasteiger charge is 2.31. The third kappa shape index (κ3) is 7.17. The van der Waals surface area contributed by atoms with Crippen molar-refractivity contribution in [1.82, 2.24) is 10.2 Å². The van der Waals surface area contributed by atoms with Gasteiger partial charge >= 0.3 is 0 Å². The Hall–Kier alpha value is -3.67. The summed E-state index contributed by atoms with van der Waals surface area (Å²) >= 11 is 0. The Morgan fingerprint density at radius 2 is 1.58 bits per heavy atom. The molecular weight excluding hydrogens is 455 g/mol. The van der Waals surface area contributed by atoms with Crippen molar-refractivity contribution in [3.05, 3.63) is 101 Å². The van der Waals surface area contributed by atoms with Gasteiger partial charge in [0.05, 0.1) is 0 Å². The van der Waals surface area contributed by atoms with Crippen LogP contribution in [-0.2, 0) is 28.0 Å².